The predicted octanol–water partition coefficient (Wildman–Crippen LogP) is -0.116. The molecule has 0 rings (SSSR count). The van der Waals surface area contributed by atoms with Crippen molar-refractivity contribution in [3.8, 4) is 0 Å². The van der Waals surface area contributed by atoms with Crippen LogP contribution in [0.1, 0.15) is 6.92 Å². The highest BCUT2D eigenvalue weighted by Gasteiger charge is 1.93. The Kier molecular flexibility index (Phi) is 3.43. The van der Waals surface area contributed by atoms with Crippen molar-refractivity contribution in [2.45, 2.75) is 6.92 Å². The van der Waals surface area contributed by atoms with Gasteiger partial charge in [-0.15, -0.1) is 0 Å². The minimum absolute atomic E-state index is 0.350. The number of hydrogen-bond donors (Lipinski definition) is 0. The van der Waals surface area contributed by atoms with E-state index in [4.69, 9.17) is 0 Å². The van der Waals surface area contributed by atoms with E-state index in [1.165, 1.54) is 6.92 Å². The van der Waals surface area contributed by atoms with Crippen LogP contribution in [0.2, 0.25) is 0 Å². The standard InChI is InChI=1S/C5H7O4/c1-4(6)8-3-9-5(2)7/h1,3H2,2H3. The predicted molar refractivity (Wildman–Crippen MR) is 28.1 cm³/mol. The Morgan fingerprint density at radius 1 is 1.44 bits per heavy atom. The minimum atomic E-state index is -0.712. The Balaban J connectivity index is 3.10. The molecule has 0 unspecified atom stereocenters. The van der Waals surface area contributed by atoms with E-state index in [2.05, 4.69) is 16.4 Å². The van der Waals surface area contributed by atoms with Crippen molar-refractivity contribution in [1.82, 2.24) is 0 Å². The van der Waals surface area contributed by atoms with Crippen LogP contribution in [0, 0.1) is 6.92 Å². The van der Waals surface area contributed by atoms with E-state index in [1.54, 1.807) is 0 Å². The van der Waals surface area contributed by atoms with Crippen LogP contribution in [0.4, 0.5) is 0 Å². The summed E-state index contributed by atoms with van der Waals surface area (Å²) in [5.41, 5.74) is 0. The van der Waals surface area contributed by atoms with E-state index in [9.17, 15) is 9.59 Å². The van der Waals surface area contributed by atoms with E-state index < -0.39 is 11.9 Å². The van der Waals surface area contributed by atoms with Gasteiger partial charge in [0.15, 0.2) is 0 Å². The van der Waals surface area contributed by atoms with Gasteiger partial charge in [0.1, 0.15) is 0 Å². The maximum absolute atomic E-state index is 9.99. The molecule has 0 saturated carbocycles. The molecule has 0 N–H and O–H groups in total. The van der Waals surface area contributed by atoms with Gasteiger partial charge in [-0.05, 0) is 0 Å². The fourth-order valence-corrected chi connectivity index (χ4v) is 0.178. The first kappa shape index (κ1) is 7.94. The summed E-state index contributed by atoms with van der Waals surface area (Å²) in [5, 5.41) is 0. The summed E-state index contributed by atoms with van der Waals surface area (Å²) >= 11 is 0. The van der Waals surface area contributed by atoms with Crippen molar-refractivity contribution in [1.29, 1.82) is 0 Å². The van der Waals surface area contributed by atoms with E-state index in [1.807, 2.05) is 0 Å². The second kappa shape index (κ2) is 3.88. The van der Waals surface area contributed by atoms with Gasteiger partial charge in [-0.25, -0.2) is 0 Å². The van der Waals surface area contributed by atoms with E-state index in [0.29, 0.717) is 0 Å². The summed E-state index contributed by atoms with van der Waals surface area (Å²) in [5.74, 6) is -1.20. The molecule has 0 aromatic heterocycles. The van der Waals surface area contributed by atoms with E-state index in [0.717, 1.165) is 0 Å². The summed E-state index contributed by atoms with van der Waals surface area (Å²) in [6.07, 6.45) is 0. The molecule has 4 nitrogen and oxygen atoms in total. The van der Waals surface area contributed by atoms with Gasteiger partial charge >= 0.3 is 11.9 Å². The first-order valence-corrected chi connectivity index (χ1v) is 2.25. The van der Waals surface area contributed by atoms with Gasteiger partial charge in [0.25, 0.3) is 0 Å². The fraction of sp³-hybridized carbons (Fsp3) is 0.400. The average molecular weight is 131 g/mol. The zero-order valence-corrected chi connectivity index (χ0v) is 5.05. The molecule has 0 aromatic carbocycles. The van der Waals surface area contributed by atoms with Crippen LogP contribution in [-0.2, 0) is 19.1 Å². The first-order chi connectivity index (χ1) is 4.13. The minimum Gasteiger partial charge on any atom is -0.428 e. The van der Waals surface area contributed by atoms with Crippen LogP contribution in [0.25, 0.3) is 0 Å². The third kappa shape index (κ3) is 6.94. The maximum atomic E-state index is 9.99. The van der Waals surface area contributed by atoms with Crippen LogP contribution < -0.4 is 0 Å². The number of carbonyl (C=O) groups excluding carboxylic acids is 2. The molecule has 0 spiro atoms. The van der Waals surface area contributed by atoms with Crippen molar-refractivity contribution >= 4 is 11.9 Å². The van der Waals surface area contributed by atoms with Crippen LogP contribution in [-0.4, -0.2) is 18.7 Å². The Hall–Kier alpha value is -1.06. The number of rotatable bonds is 2. The zero-order valence-electron chi connectivity index (χ0n) is 5.05. The largest absolute Gasteiger partial charge is 0.428 e. The maximum Gasteiger partial charge on any atom is 0.309 e. The number of ether oxygens (including phenoxy) is 2. The summed E-state index contributed by atoms with van der Waals surface area (Å²) in [6.45, 7) is 3.75. The number of carbonyl (C=O) groups is 2. The molecule has 0 fully saturated rings. The molecule has 9 heavy (non-hydrogen) atoms. The molecule has 0 saturated heterocycles. The monoisotopic (exact) mass is 131 g/mol. The molecule has 0 aliphatic carbocycles. The lowest BCUT2D eigenvalue weighted by molar-refractivity contribution is -0.162. The lowest BCUT2D eigenvalue weighted by Crippen LogP contribution is -2.07. The van der Waals surface area contributed by atoms with Crippen molar-refractivity contribution in [2.24, 2.45) is 0 Å². The molecule has 0 amide bonds. The topological polar surface area (TPSA) is 52.6 Å². The third-order valence-electron chi connectivity index (χ3n) is 0.482. The first-order valence-electron chi connectivity index (χ1n) is 2.25. The Morgan fingerprint density at radius 3 is 2.33 bits per heavy atom. The molecule has 1 radical (unpaired) electrons. The quantitative estimate of drug-likeness (QED) is 0.387. The summed E-state index contributed by atoms with van der Waals surface area (Å²) in [6, 6.07) is 0. The van der Waals surface area contributed by atoms with E-state index in [-0.39, 0.29) is 6.79 Å². The Morgan fingerprint density at radius 2 is 2.00 bits per heavy atom. The fourth-order valence-electron chi connectivity index (χ4n) is 0.178. The lowest BCUT2D eigenvalue weighted by atomic mass is 10.8. The van der Waals surface area contributed by atoms with Gasteiger partial charge in [-0.3, -0.25) is 9.59 Å². The molecule has 0 heterocycles. The van der Waals surface area contributed by atoms with Crippen LogP contribution in [0.5, 0.6) is 0 Å². The van der Waals surface area contributed by atoms with Crippen LogP contribution in [0.15, 0.2) is 0 Å². The highest BCUT2D eigenvalue weighted by molar-refractivity contribution is 5.73. The van der Waals surface area contributed by atoms with E-state index >= 15 is 0 Å². The van der Waals surface area contributed by atoms with Crippen LogP contribution in [0.3, 0.4) is 0 Å². The molecule has 0 aliphatic rings. The Bertz CT molecular complexity index is 104. The third-order valence-corrected chi connectivity index (χ3v) is 0.482. The van der Waals surface area contributed by atoms with Gasteiger partial charge in [-0.1, -0.05) is 0 Å². The van der Waals surface area contributed by atoms with Gasteiger partial charge < -0.3 is 9.47 Å². The van der Waals surface area contributed by atoms with Crippen molar-refractivity contribution in [3.63, 3.8) is 0 Å². The molecular weight excluding hydrogens is 124 g/mol. The highest BCUT2D eigenvalue weighted by atomic mass is 16.7. The molecule has 0 aromatic rings. The summed E-state index contributed by atoms with van der Waals surface area (Å²) in [4.78, 5) is 19.9. The Labute approximate surface area is 52.7 Å². The molecular formula is C5H7O4. The average Bonchev–Trinajstić information content (AvgIpc) is 1.63. The van der Waals surface area contributed by atoms with Crippen molar-refractivity contribution in [3.05, 3.63) is 6.92 Å². The zero-order chi connectivity index (χ0) is 7.28. The lowest BCUT2D eigenvalue weighted by Gasteiger charge is -1.99. The van der Waals surface area contributed by atoms with Gasteiger partial charge in [0.2, 0.25) is 6.79 Å². The molecule has 51 valence electrons. The molecule has 0 atom stereocenters. The molecule has 4 heteroatoms. The molecule has 0 bridgehead atoms. The summed E-state index contributed by atoms with van der Waals surface area (Å²) < 4.78 is 8.39. The molecule has 0 aliphatic heterocycles. The van der Waals surface area contributed by atoms with Crippen molar-refractivity contribution < 1.29 is 19.1 Å². The van der Waals surface area contributed by atoms with Gasteiger partial charge in [0.05, 0.1) is 6.92 Å². The number of esters is 2. The SMILES string of the molecule is [CH2]C(=O)OCOC(C)=O. The normalized spacial score (nSPS) is 8.22. The smallest absolute Gasteiger partial charge is 0.309 e. The number of hydrogen-bond acceptors (Lipinski definition) is 4. The van der Waals surface area contributed by atoms with Crippen LogP contribution >= 0.6 is 0 Å². The second-order valence-corrected chi connectivity index (χ2v) is 1.27. The highest BCUT2D eigenvalue weighted by Crippen LogP contribution is 1.78. The van der Waals surface area contributed by atoms with Gasteiger partial charge in [0, 0.05) is 6.92 Å². The summed E-state index contributed by atoms with van der Waals surface area (Å²) in [7, 11) is 0. The van der Waals surface area contributed by atoms with Gasteiger partial charge in [-0.2, -0.15) is 0 Å². The second-order valence-electron chi connectivity index (χ2n) is 1.27. The van der Waals surface area contributed by atoms with Crippen molar-refractivity contribution in [2.75, 3.05) is 6.79 Å².